The monoisotopic (exact) mass is 383 g/mol. The second-order valence-corrected chi connectivity index (χ2v) is 6.08. The molecular formula is C16H17Cl2N4O3. The minimum absolute atomic E-state index is 0.147. The molecule has 0 aromatic heterocycles. The molecule has 3 rings (SSSR count). The van der Waals surface area contributed by atoms with Gasteiger partial charge in [-0.15, -0.1) is 0 Å². The van der Waals surface area contributed by atoms with Gasteiger partial charge in [0.25, 0.3) is 0 Å². The van der Waals surface area contributed by atoms with Gasteiger partial charge >= 0.3 is 0 Å². The van der Waals surface area contributed by atoms with Crippen LogP contribution < -0.4 is 10.1 Å². The summed E-state index contributed by atoms with van der Waals surface area (Å²) in [5.41, 5.74) is 0.942. The number of aliphatic imine (C=N–C) groups is 1. The fourth-order valence-corrected chi connectivity index (χ4v) is 2.91. The van der Waals surface area contributed by atoms with Gasteiger partial charge in [-0.2, -0.15) is 0 Å². The molecule has 1 saturated heterocycles. The largest absolute Gasteiger partial charge is 0.495 e. The number of benzene rings is 1. The lowest BCUT2D eigenvalue weighted by Gasteiger charge is -2.22. The van der Waals surface area contributed by atoms with Crippen molar-refractivity contribution >= 4 is 34.8 Å². The van der Waals surface area contributed by atoms with Crippen molar-refractivity contribution < 1.29 is 14.8 Å². The predicted octanol–water partition coefficient (Wildman–Crippen LogP) is 2.93. The molecule has 25 heavy (non-hydrogen) atoms. The second-order valence-electron chi connectivity index (χ2n) is 5.30. The molecule has 2 aliphatic rings. The van der Waals surface area contributed by atoms with Gasteiger partial charge in [-0.25, -0.2) is 15.1 Å². The maximum absolute atomic E-state index is 11.7. The third kappa shape index (κ3) is 4.01. The Morgan fingerprint density at radius 3 is 2.96 bits per heavy atom. The summed E-state index contributed by atoms with van der Waals surface area (Å²) >= 11 is 12.5. The summed E-state index contributed by atoms with van der Waals surface area (Å²) < 4.78 is 5.19. The Hall–Kier alpha value is -1.93. The van der Waals surface area contributed by atoms with Crippen molar-refractivity contribution in [2.24, 2.45) is 4.99 Å². The van der Waals surface area contributed by atoms with Crippen LogP contribution in [-0.4, -0.2) is 49.4 Å². The highest BCUT2D eigenvalue weighted by molar-refractivity contribution is 6.39. The van der Waals surface area contributed by atoms with E-state index in [1.807, 2.05) is 6.08 Å². The number of ether oxygens (including phenoxy) is 1. The van der Waals surface area contributed by atoms with Gasteiger partial charge in [-0.1, -0.05) is 40.6 Å². The molecule has 0 atom stereocenters. The van der Waals surface area contributed by atoms with Crippen LogP contribution in [0, 0.1) is 0 Å². The summed E-state index contributed by atoms with van der Waals surface area (Å²) in [5, 5.41) is 18.0. The normalized spacial score (nSPS) is 18.6. The summed E-state index contributed by atoms with van der Waals surface area (Å²) in [4.78, 5) is 10.2. The zero-order valence-electron chi connectivity index (χ0n) is 13.5. The number of nitrogens with zero attached hydrogens (tertiary/aromatic N) is 3. The van der Waals surface area contributed by atoms with E-state index in [4.69, 9.17) is 32.8 Å². The Morgan fingerprint density at radius 2 is 2.20 bits per heavy atom. The molecule has 0 amide bonds. The molecule has 0 bridgehead atoms. The van der Waals surface area contributed by atoms with E-state index in [1.54, 1.807) is 29.3 Å². The van der Waals surface area contributed by atoms with Crippen LogP contribution in [0.25, 0.3) is 0 Å². The average molecular weight is 384 g/mol. The van der Waals surface area contributed by atoms with E-state index in [0.717, 1.165) is 5.06 Å². The third-order valence-corrected chi connectivity index (χ3v) is 4.36. The molecule has 133 valence electrons. The van der Waals surface area contributed by atoms with Crippen molar-refractivity contribution in [2.75, 3.05) is 33.4 Å². The first-order valence-corrected chi connectivity index (χ1v) is 8.41. The predicted molar refractivity (Wildman–Crippen MR) is 95.4 cm³/mol. The number of guanidine groups is 1. The molecule has 1 radical (unpaired) electrons. The number of methoxy groups -OCH3 is 1. The Kier molecular flexibility index (Phi) is 5.70. The van der Waals surface area contributed by atoms with Crippen molar-refractivity contribution in [2.45, 2.75) is 0 Å². The zero-order chi connectivity index (χ0) is 17.8. The van der Waals surface area contributed by atoms with E-state index >= 15 is 0 Å². The molecule has 0 saturated carbocycles. The Bertz CT molecular complexity index is 736. The molecule has 1 fully saturated rings. The van der Waals surface area contributed by atoms with Gasteiger partial charge in [-0.3, -0.25) is 4.84 Å². The molecule has 9 heteroatoms. The zero-order valence-corrected chi connectivity index (χ0v) is 15.0. The highest BCUT2D eigenvalue weighted by Crippen LogP contribution is 2.39. The molecule has 1 N–H and O–H groups in total. The maximum Gasteiger partial charge on any atom is 0.223 e. The number of allylic oxidation sites excluding steroid dienone is 2. The quantitative estimate of drug-likeness (QED) is 0.846. The van der Waals surface area contributed by atoms with E-state index in [-0.39, 0.29) is 6.61 Å². The minimum atomic E-state index is 0.147. The number of hydrogen-bond donors (Lipinski definition) is 1. The lowest BCUT2D eigenvalue weighted by molar-refractivity contribution is -0.148. The van der Waals surface area contributed by atoms with Gasteiger partial charge in [0.05, 0.1) is 30.9 Å². The molecule has 2 aliphatic heterocycles. The first-order chi connectivity index (χ1) is 12.1. The molecule has 0 unspecified atom stereocenters. The minimum Gasteiger partial charge on any atom is -0.495 e. The van der Waals surface area contributed by atoms with Crippen LogP contribution in [0.5, 0.6) is 5.75 Å². The number of rotatable bonds is 5. The first kappa shape index (κ1) is 17.9. The van der Waals surface area contributed by atoms with Crippen LogP contribution >= 0.6 is 23.2 Å². The molecule has 0 spiro atoms. The second kappa shape index (κ2) is 7.97. The highest BCUT2D eigenvalue weighted by atomic mass is 35.5. The molecule has 2 heterocycles. The third-order valence-electron chi connectivity index (χ3n) is 3.69. The van der Waals surface area contributed by atoms with Gasteiger partial charge in [-0.05, 0) is 18.2 Å². The van der Waals surface area contributed by atoms with Gasteiger partial charge in [0.15, 0.2) is 0 Å². The van der Waals surface area contributed by atoms with Crippen molar-refractivity contribution in [3.05, 3.63) is 46.1 Å². The van der Waals surface area contributed by atoms with Crippen LogP contribution in [0.3, 0.4) is 0 Å². The first-order valence-electron chi connectivity index (χ1n) is 7.65. The topological polar surface area (TPSA) is 69.2 Å². The number of hydrogen-bond acceptors (Lipinski definition) is 4. The van der Waals surface area contributed by atoms with Gasteiger partial charge < -0.3 is 10.1 Å². The van der Waals surface area contributed by atoms with Crippen LogP contribution in [-0.2, 0) is 10.0 Å². The summed E-state index contributed by atoms with van der Waals surface area (Å²) in [6.45, 7) is 1.70. The summed E-state index contributed by atoms with van der Waals surface area (Å²) in [6.07, 6.45) is 5.35. The fraction of sp³-hybridized carbons (Fsp3) is 0.312. The van der Waals surface area contributed by atoms with Gasteiger partial charge in [0.1, 0.15) is 23.1 Å². The molecule has 1 aromatic rings. The molecule has 7 nitrogen and oxygen atoms in total. The van der Waals surface area contributed by atoms with E-state index in [1.165, 1.54) is 7.11 Å². The Labute approximate surface area is 155 Å². The smallest absolute Gasteiger partial charge is 0.223 e. The summed E-state index contributed by atoms with van der Waals surface area (Å²) in [6, 6.07) is 3.34. The van der Waals surface area contributed by atoms with E-state index in [0.29, 0.717) is 52.8 Å². The van der Waals surface area contributed by atoms with E-state index < -0.39 is 0 Å². The maximum atomic E-state index is 11.7. The average Bonchev–Trinajstić information content (AvgIpc) is 3.05. The molecule has 1 aromatic carbocycles. The SMILES string of the molecule is COc1ccc(Cl)c(N=C2NCCN2OCC2=CC=CCN2[O])c1Cl. The van der Waals surface area contributed by atoms with Crippen LogP contribution in [0.4, 0.5) is 5.69 Å². The van der Waals surface area contributed by atoms with Crippen molar-refractivity contribution in [3.63, 3.8) is 0 Å². The lowest BCUT2D eigenvalue weighted by Crippen LogP contribution is -2.33. The lowest BCUT2D eigenvalue weighted by atomic mass is 10.3. The van der Waals surface area contributed by atoms with Crippen LogP contribution in [0.15, 0.2) is 41.1 Å². The van der Waals surface area contributed by atoms with Crippen molar-refractivity contribution in [1.29, 1.82) is 0 Å². The number of halogens is 2. The summed E-state index contributed by atoms with van der Waals surface area (Å²) in [7, 11) is 1.52. The van der Waals surface area contributed by atoms with Crippen LogP contribution in [0.1, 0.15) is 0 Å². The standard InChI is InChI=1S/C16H17Cl2N4O3/c1-24-13-6-5-12(17)15(14(13)18)20-16-19-7-9-22(16)25-10-11-4-2-3-8-21(11)23/h2-6H,7-10H2,1H3,(H,19,20). The summed E-state index contributed by atoms with van der Waals surface area (Å²) in [5.74, 6) is 0.957. The van der Waals surface area contributed by atoms with Gasteiger partial charge in [0, 0.05) is 6.54 Å². The van der Waals surface area contributed by atoms with E-state index in [2.05, 4.69) is 10.3 Å². The number of hydroxylamine groups is 4. The number of nitrogens with one attached hydrogen (secondary N) is 1. The van der Waals surface area contributed by atoms with Crippen molar-refractivity contribution in [1.82, 2.24) is 15.4 Å². The molecule has 0 aliphatic carbocycles. The van der Waals surface area contributed by atoms with Crippen LogP contribution in [0.2, 0.25) is 10.0 Å². The highest BCUT2D eigenvalue weighted by Gasteiger charge is 2.22. The van der Waals surface area contributed by atoms with Crippen molar-refractivity contribution in [3.8, 4) is 5.75 Å². The molecular weight excluding hydrogens is 367 g/mol. The fourth-order valence-electron chi connectivity index (χ4n) is 2.37. The Morgan fingerprint density at radius 1 is 1.36 bits per heavy atom. The Balaban J connectivity index is 1.76. The van der Waals surface area contributed by atoms with E-state index in [9.17, 15) is 5.21 Å². The van der Waals surface area contributed by atoms with Gasteiger partial charge in [0.2, 0.25) is 5.96 Å².